The van der Waals surface area contributed by atoms with Gasteiger partial charge in [-0.2, -0.15) is 0 Å². The number of rotatable bonds is 1. The topological polar surface area (TPSA) is 18.5 Å². The van der Waals surface area contributed by atoms with Crippen molar-refractivity contribution in [1.82, 2.24) is 0 Å². The molecule has 0 radical (unpaired) electrons. The Morgan fingerprint density at radius 1 is 1.08 bits per heavy atom. The standard InChI is InChI=1S/C21H34O2Si/c1-20(2)22-17-9-7-13-21-12-6-8-16(21)15(14-24(3,4)5)10-11-18(23-20)19(17)21/h8,14,17-19H,6-7,9-13H2,1-5H3/b15-14+/t17-,18+,19-,21-/m1/s1. The molecule has 1 spiro atoms. The van der Waals surface area contributed by atoms with Crippen molar-refractivity contribution >= 4 is 8.07 Å². The third-order valence-electron chi connectivity index (χ3n) is 6.55. The van der Waals surface area contributed by atoms with Crippen LogP contribution in [-0.4, -0.2) is 26.1 Å². The van der Waals surface area contributed by atoms with Crippen molar-refractivity contribution < 1.29 is 9.47 Å². The minimum atomic E-state index is -1.22. The van der Waals surface area contributed by atoms with Gasteiger partial charge in [-0.25, -0.2) is 0 Å². The van der Waals surface area contributed by atoms with Crippen molar-refractivity contribution in [3.05, 3.63) is 22.9 Å². The summed E-state index contributed by atoms with van der Waals surface area (Å²) in [6, 6.07) is 0. The molecule has 4 rings (SSSR count). The zero-order valence-electron chi connectivity index (χ0n) is 16.2. The Bertz CT molecular complexity index is 583. The smallest absolute Gasteiger partial charge is 0.163 e. The van der Waals surface area contributed by atoms with Crippen LogP contribution in [0.5, 0.6) is 0 Å². The predicted octanol–water partition coefficient (Wildman–Crippen LogP) is 5.61. The molecule has 2 saturated carbocycles. The Morgan fingerprint density at radius 2 is 1.79 bits per heavy atom. The van der Waals surface area contributed by atoms with Gasteiger partial charge in [0, 0.05) is 11.3 Å². The molecule has 3 heteroatoms. The quantitative estimate of drug-likeness (QED) is 0.574. The molecule has 134 valence electrons. The number of allylic oxidation sites excluding steroid dienone is 3. The van der Waals surface area contributed by atoms with Crippen LogP contribution >= 0.6 is 0 Å². The summed E-state index contributed by atoms with van der Waals surface area (Å²) >= 11 is 0. The second kappa shape index (κ2) is 5.56. The van der Waals surface area contributed by atoms with Crippen LogP contribution in [0.1, 0.15) is 58.8 Å². The summed E-state index contributed by atoms with van der Waals surface area (Å²) in [6.07, 6.45) is 12.1. The molecule has 4 atom stereocenters. The zero-order chi connectivity index (χ0) is 17.2. The Labute approximate surface area is 148 Å². The van der Waals surface area contributed by atoms with Crippen LogP contribution in [0.3, 0.4) is 0 Å². The number of hydrogen-bond acceptors (Lipinski definition) is 2. The molecule has 0 aromatic rings. The third-order valence-corrected chi connectivity index (χ3v) is 7.76. The van der Waals surface area contributed by atoms with Gasteiger partial charge in [-0.15, -0.1) is 0 Å². The fourth-order valence-electron chi connectivity index (χ4n) is 6.09. The summed E-state index contributed by atoms with van der Waals surface area (Å²) in [7, 11) is -1.22. The monoisotopic (exact) mass is 346 g/mol. The first-order valence-electron chi connectivity index (χ1n) is 9.99. The van der Waals surface area contributed by atoms with Gasteiger partial charge >= 0.3 is 0 Å². The predicted molar refractivity (Wildman–Crippen MR) is 102 cm³/mol. The van der Waals surface area contributed by atoms with E-state index in [1.54, 1.807) is 11.1 Å². The van der Waals surface area contributed by atoms with Crippen molar-refractivity contribution in [2.45, 2.75) is 96.4 Å². The highest BCUT2D eigenvalue weighted by Crippen LogP contribution is 2.62. The fraction of sp³-hybridized carbons (Fsp3) is 0.810. The van der Waals surface area contributed by atoms with Crippen LogP contribution in [0.2, 0.25) is 19.6 Å². The lowest BCUT2D eigenvalue weighted by Gasteiger charge is -2.55. The van der Waals surface area contributed by atoms with Gasteiger partial charge in [0.1, 0.15) is 0 Å². The maximum absolute atomic E-state index is 6.51. The van der Waals surface area contributed by atoms with Gasteiger partial charge in [0.15, 0.2) is 5.79 Å². The Kier molecular flexibility index (Phi) is 3.95. The van der Waals surface area contributed by atoms with E-state index in [0.29, 0.717) is 23.5 Å². The highest BCUT2D eigenvalue weighted by atomic mass is 28.3. The summed E-state index contributed by atoms with van der Waals surface area (Å²) in [5.74, 6) is 0.153. The summed E-state index contributed by atoms with van der Waals surface area (Å²) < 4.78 is 13.0. The van der Waals surface area contributed by atoms with E-state index in [1.165, 1.54) is 44.9 Å². The highest BCUT2D eigenvalue weighted by Gasteiger charge is 2.58. The van der Waals surface area contributed by atoms with Crippen LogP contribution in [0.4, 0.5) is 0 Å². The largest absolute Gasteiger partial charge is 0.347 e. The van der Waals surface area contributed by atoms with Crippen molar-refractivity contribution in [3.8, 4) is 0 Å². The van der Waals surface area contributed by atoms with E-state index in [4.69, 9.17) is 9.47 Å². The first-order valence-corrected chi connectivity index (χ1v) is 13.6. The maximum atomic E-state index is 6.51. The molecule has 24 heavy (non-hydrogen) atoms. The third kappa shape index (κ3) is 2.77. The van der Waals surface area contributed by atoms with E-state index < -0.39 is 13.9 Å². The Morgan fingerprint density at radius 3 is 2.50 bits per heavy atom. The molecule has 0 aromatic heterocycles. The van der Waals surface area contributed by atoms with Crippen molar-refractivity contribution in [3.63, 3.8) is 0 Å². The second-order valence-electron chi connectivity index (χ2n) is 10.0. The second-order valence-corrected chi connectivity index (χ2v) is 15.0. The molecule has 0 amide bonds. The average Bonchev–Trinajstić information content (AvgIpc) is 2.80. The lowest BCUT2D eigenvalue weighted by atomic mass is 9.59. The summed E-state index contributed by atoms with van der Waals surface area (Å²) in [6.45, 7) is 11.6. The van der Waals surface area contributed by atoms with Gasteiger partial charge in [0.05, 0.1) is 20.3 Å². The molecule has 3 aliphatic carbocycles. The van der Waals surface area contributed by atoms with E-state index in [-0.39, 0.29) is 0 Å². The molecular weight excluding hydrogens is 312 g/mol. The van der Waals surface area contributed by atoms with E-state index in [9.17, 15) is 0 Å². The molecule has 3 fully saturated rings. The summed E-state index contributed by atoms with van der Waals surface area (Å²) in [5, 5.41) is 0. The van der Waals surface area contributed by atoms with Crippen molar-refractivity contribution in [2.24, 2.45) is 11.3 Å². The maximum Gasteiger partial charge on any atom is 0.163 e. The van der Waals surface area contributed by atoms with Gasteiger partial charge in [-0.05, 0) is 64.4 Å². The van der Waals surface area contributed by atoms with Gasteiger partial charge in [-0.3, -0.25) is 0 Å². The van der Waals surface area contributed by atoms with Crippen LogP contribution in [0.25, 0.3) is 0 Å². The van der Waals surface area contributed by atoms with Crippen LogP contribution in [0, 0.1) is 11.3 Å². The minimum Gasteiger partial charge on any atom is -0.347 e. The molecule has 0 aromatic carbocycles. The Hall–Kier alpha value is -0.383. The highest BCUT2D eigenvalue weighted by molar-refractivity contribution is 6.81. The minimum absolute atomic E-state index is 0.339. The first kappa shape index (κ1) is 17.1. The van der Waals surface area contributed by atoms with E-state index in [2.05, 4.69) is 45.3 Å². The van der Waals surface area contributed by atoms with Crippen LogP contribution in [0.15, 0.2) is 22.9 Å². The normalized spacial score (nSPS) is 43.0. The summed E-state index contributed by atoms with van der Waals surface area (Å²) in [4.78, 5) is 0. The SMILES string of the molecule is CC1(C)O[C@H]2CC/C(=C\[Si](C)(C)C)C3=CCC[C@@]34CCC[C@@H](O1)[C@H]24. The molecule has 1 heterocycles. The molecule has 1 saturated heterocycles. The molecule has 4 aliphatic rings. The lowest BCUT2D eigenvalue weighted by molar-refractivity contribution is -0.339. The average molecular weight is 347 g/mol. The van der Waals surface area contributed by atoms with Gasteiger partial charge in [-0.1, -0.05) is 37.0 Å². The fourth-order valence-corrected chi connectivity index (χ4v) is 7.44. The molecular formula is C21H34O2Si. The summed E-state index contributed by atoms with van der Waals surface area (Å²) in [5.41, 5.74) is 6.39. The van der Waals surface area contributed by atoms with Crippen molar-refractivity contribution in [2.75, 3.05) is 0 Å². The van der Waals surface area contributed by atoms with Crippen LogP contribution in [-0.2, 0) is 9.47 Å². The molecule has 0 unspecified atom stereocenters. The van der Waals surface area contributed by atoms with Gasteiger partial charge in [0.2, 0.25) is 0 Å². The molecule has 2 nitrogen and oxygen atoms in total. The van der Waals surface area contributed by atoms with E-state index in [0.717, 1.165) is 0 Å². The zero-order valence-corrected chi connectivity index (χ0v) is 17.2. The first-order chi connectivity index (χ1) is 11.2. The molecule has 0 N–H and O–H groups in total. The Balaban J connectivity index is 1.79. The van der Waals surface area contributed by atoms with Crippen molar-refractivity contribution in [1.29, 1.82) is 0 Å². The van der Waals surface area contributed by atoms with E-state index >= 15 is 0 Å². The molecule has 0 bridgehead atoms. The van der Waals surface area contributed by atoms with Crippen LogP contribution < -0.4 is 0 Å². The number of hydrogen-bond donors (Lipinski definition) is 0. The van der Waals surface area contributed by atoms with Gasteiger partial charge < -0.3 is 9.47 Å². The number of ether oxygens (including phenoxy) is 2. The van der Waals surface area contributed by atoms with E-state index in [1.807, 2.05) is 0 Å². The van der Waals surface area contributed by atoms with Gasteiger partial charge in [0.25, 0.3) is 0 Å². The molecule has 1 aliphatic heterocycles. The lowest BCUT2D eigenvalue weighted by Crippen LogP contribution is -2.57.